The Labute approximate surface area is 136 Å². The minimum atomic E-state index is -5.55. The van der Waals surface area contributed by atoms with Crippen molar-refractivity contribution in [3.05, 3.63) is 48.8 Å². The molecule has 24 heavy (non-hydrogen) atoms. The molecule has 12 nitrogen and oxygen atoms in total. The van der Waals surface area contributed by atoms with Gasteiger partial charge in [0.2, 0.25) is 0 Å². The molecule has 0 saturated heterocycles. The summed E-state index contributed by atoms with van der Waals surface area (Å²) in [5, 5.41) is 0. The summed E-state index contributed by atoms with van der Waals surface area (Å²) in [6.45, 7) is 0. The van der Waals surface area contributed by atoms with Crippen LogP contribution in [-0.4, -0.2) is 15.3 Å². The average molecular weight is 384 g/mol. The Balaban J connectivity index is 0. The lowest BCUT2D eigenvalue weighted by Gasteiger charge is -2.27. The summed E-state index contributed by atoms with van der Waals surface area (Å²) in [6.07, 6.45) is 3.57. The minimum absolute atomic E-state index is 0. The number of nitrogens with one attached hydrogen (secondary N) is 2. The van der Waals surface area contributed by atoms with E-state index in [0.717, 1.165) is 0 Å². The van der Waals surface area contributed by atoms with Crippen molar-refractivity contribution in [2.24, 2.45) is 0 Å². The molecule has 14 heteroatoms. The lowest BCUT2D eigenvalue weighted by atomic mass is 10.5. The molecule has 0 spiro atoms. The Morgan fingerprint density at radius 1 is 0.917 bits per heavy atom. The normalized spacial score (nSPS) is 10.2. The van der Waals surface area contributed by atoms with Gasteiger partial charge in [0.1, 0.15) is 0 Å². The molecule has 2 heterocycles. The maximum Gasteiger partial charge on any atom is 0.473 e. The molecule has 10 N–H and O–H groups in total. The van der Waals surface area contributed by atoms with E-state index < -0.39 is 15.6 Å². The molecule has 0 saturated carbocycles. The van der Waals surface area contributed by atoms with Crippen LogP contribution < -0.4 is 31.2 Å². The molecular weight excluding hydrogens is 366 g/mol. The third-order valence-corrected chi connectivity index (χ3v) is 3.32. The average Bonchev–Trinajstić information content (AvgIpc) is 2.37. The number of hydrogen-bond donors (Lipinski definition) is 4. The number of hydrogen-bond acceptors (Lipinski definition) is 7. The van der Waals surface area contributed by atoms with Gasteiger partial charge in [0, 0.05) is 12.1 Å². The summed E-state index contributed by atoms with van der Waals surface area (Å²) in [4.78, 5) is 39.8. The quantitative estimate of drug-likeness (QED) is 0.392. The monoisotopic (exact) mass is 384 g/mol. The van der Waals surface area contributed by atoms with Gasteiger partial charge >= 0.3 is 7.82 Å². The number of nitrogen functional groups attached to an aromatic ring is 2. The molecule has 2 aromatic heterocycles. The molecule has 0 radical (unpaired) electrons. The Hall–Kier alpha value is -1.88. The summed E-state index contributed by atoms with van der Waals surface area (Å²) in [7, 11) is -10.7. The van der Waals surface area contributed by atoms with Crippen LogP contribution in [-0.2, 0) is 13.4 Å². The first-order valence-electron chi connectivity index (χ1n) is 5.73. The van der Waals surface area contributed by atoms with Crippen molar-refractivity contribution in [3.8, 4) is 0 Å². The van der Waals surface area contributed by atoms with Gasteiger partial charge in [-0.3, -0.25) is 15.8 Å². The van der Waals surface area contributed by atoms with Gasteiger partial charge in [-0.1, -0.05) is 12.1 Å². The van der Waals surface area contributed by atoms with Crippen molar-refractivity contribution < 1.29 is 48.5 Å². The molecule has 2 aromatic rings. The van der Waals surface area contributed by atoms with E-state index >= 15 is 0 Å². The standard InChI is InChI=1S/2C5H6N2.H4O7P2.H2O/c2*6-5-3-1-2-4-7-5;1-8(2,3)7-9(4,5)6;/h2*1-4H,(H2,6,7);(H2,1,2,3)(H2,4,5,6);1H2. The second kappa shape index (κ2) is 11.6. The molecule has 0 aliphatic rings. The van der Waals surface area contributed by atoms with Gasteiger partial charge in [-0.05, 0) is 12.1 Å². The molecule has 0 aromatic carbocycles. The van der Waals surface area contributed by atoms with Crippen LogP contribution in [0.2, 0.25) is 0 Å². The van der Waals surface area contributed by atoms with Crippen molar-refractivity contribution in [3.63, 3.8) is 0 Å². The Kier molecular flexibility index (Phi) is 11.8. The molecule has 136 valence electrons. The van der Waals surface area contributed by atoms with Gasteiger partial charge in [0.15, 0.2) is 0 Å². The molecule has 0 aliphatic carbocycles. The van der Waals surface area contributed by atoms with Crippen LogP contribution >= 0.6 is 15.6 Å². The molecule has 0 atom stereocenters. The smallest absolute Gasteiger partial charge is 0.473 e. The SMILES string of the molecule is Nc1cccc[nH+]1.Nc1cccc[nH+]1.O.O=P([O-])([O-])OP(=O)(O)O. The summed E-state index contributed by atoms with van der Waals surface area (Å²) >= 11 is 0. The van der Waals surface area contributed by atoms with Gasteiger partial charge < -0.3 is 29.6 Å². The fourth-order valence-electron chi connectivity index (χ4n) is 0.945. The highest BCUT2D eigenvalue weighted by Gasteiger charge is 2.15. The molecule has 2 rings (SSSR count). The van der Waals surface area contributed by atoms with E-state index in [1.165, 1.54) is 0 Å². The summed E-state index contributed by atoms with van der Waals surface area (Å²) in [5.41, 5.74) is 10.6. The van der Waals surface area contributed by atoms with Gasteiger partial charge in [0.25, 0.3) is 11.6 Å². The topological polar surface area (TPSA) is 242 Å². The number of aromatic nitrogens is 2. The zero-order valence-corrected chi connectivity index (χ0v) is 13.9. The highest BCUT2D eigenvalue weighted by molar-refractivity contribution is 7.58. The van der Waals surface area contributed by atoms with Crippen LogP contribution in [0.1, 0.15) is 0 Å². The van der Waals surface area contributed by atoms with Gasteiger partial charge in [-0.15, -0.1) is 0 Å². The zero-order valence-electron chi connectivity index (χ0n) is 12.1. The van der Waals surface area contributed by atoms with E-state index in [2.05, 4.69) is 14.3 Å². The second-order valence-corrected chi connectivity index (χ2v) is 6.18. The Bertz CT molecular complexity index is 591. The van der Waals surface area contributed by atoms with Crippen LogP contribution in [0.25, 0.3) is 0 Å². The summed E-state index contributed by atoms with van der Waals surface area (Å²) in [6, 6.07) is 11.1. The van der Waals surface area contributed by atoms with Crippen molar-refractivity contribution in [1.29, 1.82) is 0 Å². The Morgan fingerprint density at radius 2 is 1.29 bits per heavy atom. The number of rotatable bonds is 2. The van der Waals surface area contributed by atoms with Crippen LogP contribution in [0.15, 0.2) is 48.8 Å². The minimum Gasteiger partial charge on any atom is -0.789 e. The van der Waals surface area contributed by atoms with Crippen LogP contribution in [0.3, 0.4) is 0 Å². The van der Waals surface area contributed by atoms with Gasteiger partial charge in [0.05, 0.1) is 20.2 Å². The first kappa shape index (κ1) is 24.4. The predicted octanol–water partition coefficient (Wildman–Crippen LogP) is -2.73. The maximum atomic E-state index is 9.55. The molecule has 0 unspecified atom stereocenters. The fraction of sp³-hybridized carbons (Fsp3) is 0. The molecule has 0 fully saturated rings. The third kappa shape index (κ3) is 18.2. The Morgan fingerprint density at radius 3 is 1.38 bits per heavy atom. The largest absolute Gasteiger partial charge is 0.789 e. The fourth-order valence-corrected chi connectivity index (χ4v) is 1.99. The van der Waals surface area contributed by atoms with Crippen molar-refractivity contribution in [1.82, 2.24) is 0 Å². The molecule has 0 amide bonds. The van der Waals surface area contributed by atoms with Gasteiger partial charge in [-0.25, -0.2) is 14.5 Å². The number of aromatic amines is 2. The zero-order chi connectivity index (χ0) is 17.9. The first-order chi connectivity index (χ1) is 10.5. The predicted molar refractivity (Wildman–Crippen MR) is 79.2 cm³/mol. The third-order valence-electron chi connectivity index (χ3n) is 1.67. The number of pyridine rings is 2. The van der Waals surface area contributed by atoms with E-state index in [1.807, 2.05) is 24.3 Å². The first-order valence-corrected chi connectivity index (χ1v) is 8.72. The summed E-state index contributed by atoms with van der Waals surface area (Å²) in [5.74, 6) is 1.39. The summed E-state index contributed by atoms with van der Waals surface area (Å²) < 4.78 is 21.7. The highest BCUT2D eigenvalue weighted by atomic mass is 31.3. The van der Waals surface area contributed by atoms with E-state index in [0.29, 0.717) is 11.6 Å². The van der Waals surface area contributed by atoms with Crippen LogP contribution in [0.5, 0.6) is 0 Å². The molecule has 0 bridgehead atoms. The maximum absolute atomic E-state index is 9.55. The highest BCUT2D eigenvalue weighted by Crippen LogP contribution is 2.48. The van der Waals surface area contributed by atoms with Crippen molar-refractivity contribution >= 4 is 27.3 Å². The van der Waals surface area contributed by atoms with Gasteiger partial charge in [-0.2, -0.15) is 0 Å². The second-order valence-electron chi connectivity index (χ2n) is 3.66. The van der Waals surface area contributed by atoms with Crippen LogP contribution in [0.4, 0.5) is 11.6 Å². The number of phosphoric acid groups is 2. The van der Waals surface area contributed by atoms with E-state index in [1.54, 1.807) is 24.5 Å². The van der Waals surface area contributed by atoms with E-state index in [9.17, 15) is 18.9 Å². The van der Waals surface area contributed by atoms with E-state index in [4.69, 9.17) is 21.3 Å². The molecule has 0 aliphatic heterocycles. The van der Waals surface area contributed by atoms with Crippen LogP contribution in [0, 0.1) is 0 Å². The number of anilines is 2. The van der Waals surface area contributed by atoms with Crippen molar-refractivity contribution in [2.75, 3.05) is 11.5 Å². The van der Waals surface area contributed by atoms with E-state index in [-0.39, 0.29) is 5.48 Å². The molecular formula is C10H18N4O8P2. The number of nitrogens with two attached hydrogens (primary N) is 2. The number of H-pyrrole nitrogens is 2. The lowest BCUT2D eigenvalue weighted by Crippen LogP contribution is -2.14. The van der Waals surface area contributed by atoms with Crippen molar-refractivity contribution in [2.45, 2.75) is 0 Å². The lowest BCUT2D eigenvalue weighted by molar-refractivity contribution is -0.360.